The Hall–Kier alpha value is -2.63. The zero-order chi connectivity index (χ0) is 14.5. The number of phenolic OH excluding ortho intramolecular Hbond substituents is 1. The van der Waals surface area contributed by atoms with Gasteiger partial charge in [-0.05, 0) is 42.5 Å². The van der Waals surface area contributed by atoms with Crippen LogP contribution in [0.1, 0.15) is 10.4 Å². The van der Waals surface area contributed by atoms with Gasteiger partial charge in [0.05, 0.1) is 0 Å². The van der Waals surface area contributed by atoms with Crippen molar-refractivity contribution >= 4 is 11.6 Å². The number of rotatable bonds is 4. The highest BCUT2D eigenvalue weighted by atomic mass is 19.3. The first kappa shape index (κ1) is 13.8. The van der Waals surface area contributed by atoms with Gasteiger partial charge in [-0.1, -0.05) is 6.07 Å². The van der Waals surface area contributed by atoms with Crippen LogP contribution in [0.3, 0.4) is 0 Å². The van der Waals surface area contributed by atoms with Gasteiger partial charge in [0.25, 0.3) is 5.91 Å². The second-order valence-electron chi connectivity index (χ2n) is 3.91. The van der Waals surface area contributed by atoms with E-state index in [0.29, 0.717) is 5.69 Å². The van der Waals surface area contributed by atoms with Crippen molar-refractivity contribution in [2.45, 2.75) is 6.61 Å². The molecule has 2 aromatic carbocycles. The van der Waals surface area contributed by atoms with Crippen LogP contribution in [0.15, 0.2) is 48.5 Å². The summed E-state index contributed by atoms with van der Waals surface area (Å²) in [5.41, 5.74) is 0.720. The Morgan fingerprint density at radius 3 is 2.45 bits per heavy atom. The molecule has 0 bridgehead atoms. The van der Waals surface area contributed by atoms with Gasteiger partial charge >= 0.3 is 6.61 Å². The summed E-state index contributed by atoms with van der Waals surface area (Å²) < 4.78 is 28.1. The zero-order valence-electron chi connectivity index (χ0n) is 10.2. The first-order valence-electron chi connectivity index (χ1n) is 5.70. The predicted molar refractivity (Wildman–Crippen MR) is 69.1 cm³/mol. The molecule has 0 unspecified atom stereocenters. The molecule has 0 spiro atoms. The van der Waals surface area contributed by atoms with Crippen LogP contribution >= 0.6 is 0 Å². The smallest absolute Gasteiger partial charge is 0.387 e. The summed E-state index contributed by atoms with van der Waals surface area (Å²) in [6, 6.07) is 11.4. The molecule has 0 aromatic heterocycles. The van der Waals surface area contributed by atoms with Gasteiger partial charge in [0.2, 0.25) is 0 Å². The summed E-state index contributed by atoms with van der Waals surface area (Å²) in [5.74, 6) is -0.419. The number of benzene rings is 2. The molecule has 2 rings (SSSR count). The number of anilines is 1. The van der Waals surface area contributed by atoms with Gasteiger partial charge in [-0.2, -0.15) is 8.78 Å². The van der Waals surface area contributed by atoms with E-state index in [1.807, 2.05) is 0 Å². The third-order valence-electron chi connectivity index (χ3n) is 2.45. The lowest BCUT2D eigenvalue weighted by atomic mass is 10.2. The Bertz CT molecular complexity index is 600. The minimum atomic E-state index is -2.89. The maximum atomic E-state index is 12.0. The van der Waals surface area contributed by atoms with E-state index in [9.17, 15) is 18.7 Å². The van der Waals surface area contributed by atoms with Crippen LogP contribution in [0, 0.1) is 0 Å². The summed E-state index contributed by atoms with van der Waals surface area (Å²) in [7, 11) is 0. The van der Waals surface area contributed by atoms with Gasteiger partial charge in [0.15, 0.2) is 0 Å². The lowest BCUT2D eigenvalue weighted by Crippen LogP contribution is -2.11. The summed E-state index contributed by atoms with van der Waals surface area (Å²) >= 11 is 0. The number of aromatic hydroxyl groups is 1. The maximum Gasteiger partial charge on any atom is 0.387 e. The molecule has 20 heavy (non-hydrogen) atoms. The fourth-order valence-electron chi connectivity index (χ4n) is 1.57. The molecular weight excluding hydrogens is 268 g/mol. The molecule has 0 heterocycles. The van der Waals surface area contributed by atoms with E-state index in [2.05, 4.69) is 10.1 Å². The molecule has 0 aliphatic rings. The van der Waals surface area contributed by atoms with E-state index in [4.69, 9.17) is 0 Å². The second-order valence-corrected chi connectivity index (χ2v) is 3.91. The van der Waals surface area contributed by atoms with E-state index in [-0.39, 0.29) is 17.1 Å². The number of alkyl halides is 2. The third-order valence-corrected chi connectivity index (χ3v) is 2.45. The zero-order valence-corrected chi connectivity index (χ0v) is 10.2. The van der Waals surface area contributed by atoms with Crippen LogP contribution in [0.25, 0.3) is 0 Å². The topological polar surface area (TPSA) is 58.6 Å². The van der Waals surface area contributed by atoms with Gasteiger partial charge in [-0.25, -0.2) is 0 Å². The number of ether oxygens (including phenoxy) is 1. The van der Waals surface area contributed by atoms with Gasteiger partial charge in [0, 0.05) is 11.3 Å². The number of amides is 1. The molecule has 4 nitrogen and oxygen atoms in total. The van der Waals surface area contributed by atoms with Gasteiger partial charge < -0.3 is 15.2 Å². The third kappa shape index (κ3) is 3.68. The van der Waals surface area contributed by atoms with Gasteiger partial charge in [-0.15, -0.1) is 0 Å². The number of hydrogen-bond donors (Lipinski definition) is 2. The van der Waals surface area contributed by atoms with Crippen LogP contribution in [0.5, 0.6) is 11.5 Å². The Kier molecular flexibility index (Phi) is 4.14. The number of carbonyl (C=O) groups is 1. The van der Waals surface area contributed by atoms with E-state index in [0.717, 1.165) is 0 Å². The molecule has 0 radical (unpaired) electrons. The number of hydrogen-bond acceptors (Lipinski definition) is 3. The van der Waals surface area contributed by atoms with E-state index in [1.165, 1.54) is 36.4 Å². The maximum absolute atomic E-state index is 12.0. The van der Waals surface area contributed by atoms with Crippen LogP contribution in [0.4, 0.5) is 14.5 Å². The average Bonchev–Trinajstić information content (AvgIpc) is 2.40. The van der Waals surface area contributed by atoms with Crippen molar-refractivity contribution in [3.63, 3.8) is 0 Å². The number of carbonyl (C=O) groups excluding carboxylic acids is 1. The molecule has 6 heteroatoms. The van der Waals surface area contributed by atoms with Crippen LogP contribution in [0.2, 0.25) is 0 Å². The molecule has 2 N–H and O–H groups in total. The van der Waals surface area contributed by atoms with Crippen molar-refractivity contribution in [1.82, 2.24) is 0 Å². The molecule has 104 valence electrons. The molecular formula is C14H11F2NO3. The van der Waals surface area contributed by atoms with Crippen molar-refractivity contribution < 1.29 is 23.4 Å². The minimum absolute atomic E-state index is 0.00959. The van der Waals surface area contributed by atoms with Crippen molar-refractivity contribution in [1.29, 1.82) is 0 Å². The first-order chi connectivity index (χ1) is 9.54. The summed E-state index contributed by atoms with van der Waals surface area (Å²) in [6.45, 7) is -2.89. The largest absolute Gasteiger partial charge is 0.508 e. The quantitative estimate of drug-likeness (QED) is 0.903. The Morgan fingerprint density at radius 1 is 1.15 bits per heavy atom. The van der Waals surface area contributed by atoms with Gasteiger partial charge in [-0.3, -0.25) is 4.79 Å². The summed E-state index contributed by atoms with van der Waals surface area (Å²) in [4.78, 5) is 11.9. The standard InChI is InChI=1S/C14H11F2NO3/c15-14(16)20-12-6-4-10(5-7-12)17-13(19)9-2-1-3-11(18)8-9/h1-8,14,18H,(H,17,19). The Morgan fingerprint density at radius 2 is 1.85 bits per heavy atom. The highest BCUT2D eigenvalue weighted by Gasteiger charge is 2.08. The monoisotopic (exact) mass is 279 g/mol. The molecule has 0 aliphatic carbocycles. The van der Waals surface area contributed by atoms with Crippen LogP contribution in [-0.4, -0.2) is 17.6 Å². The number of phenols is 1. The van der Waals surface area contributed by atoms with E-state index >= 15 is 0 Å². The molecule has 0 atom stereocenters. The lowest BCUT2D eigenvalue weighted by molar-refractivity contribution is -0.0498. The minimum Gasteiger partial charge on any atom is -0.508 e. The molecule has 2 aromatic rings. The molecule has 0 saturated carbocycles. The van der Waals surface area contributed by atoms with Crippen molar-refractivity contribution in [3.05, 3.63) is 54.1 Å². The number of nitrogens with one attached hydrogen (secondary N) is 1. The number of halogens is 2. The average molecular weight is 279 g/mol. The Labute approximate surface area is 113 Å². The molecule has 0 aliphatic heterocycles. The highest BCUT2D eigenvalue weighted by molar-refractivity contribution is 6.04. The fourth-order valence-corrected chi connectivity index (χ4v) is 1.57. The van der Waals surface area contributed by atoms with Crippen molar-refractivity contribution in [3.8, 4) is 11.5 Å². The highest BCUT2D eigenvalue weighted by Crippen LogP contribution is 2.19. The summed E-state index contributed by atoms with van der Waals surface area (Å²) in [6.07, 6.45) is 0. The SMILES string of the molecule is O=C(Nc1ccc(OC(F)F)cc1)c1cccc(O)c1. The lowest BCUT2D eigenvalue weighted by Gasteiger charge is -2.07. The van der Waals surface area contributed by atoms with E-state index in [1.54, 1.807) is 12.1 Å². The van der Waals surface area contributed by atoms with E-state index < -0.39 is 12.5 Å². The molecule has 1 amide bonds. The van der Waals surface area contributed by atoms with Crippen molar-refractivity contribution in [2.75, 3.05) is 5.32 Å². The van der Waals surface area contributed by atoms with Crippen molar-refractivity contribution in [2.24, 2.45) is 0 Å². The molecule has 0 fully saturated rings. The van der Waals surface area contributed by atoms with Crippen LogP contribution in [-0.2, 0) is 0 Å². The van der Waals surface area contributed by atoms with Crippen LogP contribution < -0.4 is 10.1 Å². The predicted octanol–water partition coefficient (Wildman–Crippen LogP) is 3.25. The summed E-state index contributed by atoms with van der Waals surface area (Å²) in [5, 5.41) is 11.9. The van der Waals surface area contributed by atoms with Gasteiger partial charge in [0.1, 0.15) is 11.5 Å². The Balaban J connectivity index is 2.04. The molecule has 0 saturated heterocycles. The normalized spacial score (nSPS) is 10.3. The first-order valence-corrected chi connectivity index (χ1v) is 5.70. The second kappa shape index (κ2) is 6.01. The fraction of sp³-hybridized carbons (Fsp3) is 0.0714.